The molecule has 11 heteroatoms. The van der Waals surface area contributed by atoms with E-state index in [2.05, 4.69) is 4.74 Å². The third-order valence-electron chi connectivity index (χ3n) is 2.15. The van der Waals surface area contributed by atoms with Gasteiger partial charge in [0.1, 0.15) is 31.2 Å². The molecule has 0 radical (unpaired) electrons. The van der Waals surface area contributed by atoms with Crippen LogP contribution in [0.25, 0.3) is 0 Å². The highest BCUT2D eigenvalue weighted by Crippen LogP contribution is 2.44. The summed E-state index contributed by atoms with van der Waals surface area (Å²) in [7, 11) is -5.03. The van der Waals surface area contributed by atoms with Gasteiger partial charge >= 0.3 is 7.60 Å². The molecule has 0 saturated carbocycles. The lowest BCUT2D eigenvalue weighted by atomic mass is 10.0. The van der Waals surface area contributed by atoms with E-state index in [0.717, 1.165) is 0 Å². The molecule has 0 aliphatic carbocycles. The van der Waals surface area contributed by atoms with Crippen molar-refractivity contribution in [2.24, 2.45) is 0 Å². The molecule has 1 unspecified atom stereocenters. The van der Waals surface area contributed by atoms with E-state index >= 15 is 0 Å². The molecule has 5 atom stereocenters. The standard InChI is InChI=1S/C7H17O10P/c8-1-3(10)4(11)5(12)6(13)7(17-2-9)18(14,15)16/h3-13H,1-2H2,(H2,14,15,16)/t3-,4-,5+,6-,7?/m1/s1. The summed E-state index contributed by atoms with van der Waals surface area (Å²) in [5, 5.41) is 54.0. The maximum absolute atomic E-state index is 10.9. The molecule has 0 aromatic heterocycles. The lowest BCUT2D eigenvalue weighted by molar-refractivity contribution is -0.151. The van der Waals surface area contributed by atoms with Crippen LogP contribution in [-0.4, -0.2) is 84.1 Å². The highest BCUT2D eigenvalue weighted by atomic mass is 31.2. The molecule has 0 saturated heterocycles. The van der Waals surface area contributed by atoms with Gasteiger partial charge in [0.25, 0.3) is 0 Å². The van der Waals surface area contributed by atoms with E-state index < -0.39 is 51.3 Å². The average molecular weight is 292 g/mol. The Morgan fingerprint density at radius 3 is 1.78 bits per heavy atom. The van der Waals surface area contributed by atoms with Crippen LogP contribution < -0.4 is 0 Å². The Bertz CT molecular complexity index is 279. The molecular formula is C7H17O10P. The van der Waals surface area contributed by atoms with Crippen molar-refractivity contribution in [1.82, 2.24) is 0 Å². The first kappa shape index (κ1) is 17.9. The quantitative estimate of drug-likeness (QED) is 0.161. The first-order chi connectivity index (χ1) is 8.16. The van der Waals surface area contributed by atoms with Crippen LogP contribution in [0.5, 0.6) is 0 Å². The molecule has 0 aromatic carbocycles. The maximum Gasteiger partial charge on any atom is 0.356 e. The predicted octanol–water partition coefficient (Wildman–Crippen LogP) is -4.11. The molecule has 10 nitrogen and oxygen atoms in total. The highest BCUT2D eigenvalue weighted by Gasteiger charge is 2.43. The van der Waals surface area contributed by atoms with Crippen molar-refractivity contribution in [1.29, 1.82) is 0 Å². The maximum atomic E-state index is 10.9. The van der Waals surface area contributed by atoms with Crippen LogP contribution >= 0.6 is 7.60 Å². The zero-order valence-electron chi connectivity index (χ0n) is 9.14. The van der Waals surface area contributed by atoms with Gasteiger partial charge in [0, 0.05) is 0 Å². The average Bonchev–Trinajstić information content (AvgIpc) is 2.30. The summed E-state index contributed by atoms with van der Waals surface area (Å²) in [6.07, 6.45) is -8.35. The molecule has 0 bridgehead atoms. The molecule has 0 aliphatic heterocycles. The molecule has 0 amide bonds. The fourth-order valence-electron chi connectivity index (χ4n) is 1.18. The van der Waals surface area contributed by atoms with Gasteiger partial charge in [0.05, 0.1) is 6.61 Å². The van der Waals surface area contributed by atoms with Gasteiger partial charge in [-0.25, -0.2) is 0 Å². The Morgan fingerprint density at radius 2 is 1.44 bits per heavy atom. The Morgan fingerprint density at radius 1 is 0.944 bits per heavy atom. The largest absolute Gasteiger partial charge is 0.394 e. The summed E-state index contributed by atoms with van der Waals surface area (Å²) in [5.41, 5.74) is 0. The third-order valence-corrected chi connectivity index (χ3v) is 3.27. The SMILES string of the molecule is O=P(O)(O)C(OCO)[C@H](O)[C@@H](O)[C@H](O)[C@H](O)CO. The van der Waals surface area contributed by atoms with Crippen LogP contribution in [0.3, 0.4) is 0 Å². The van der Waals surface area contributed by atoms with Crippen molar-refractivity contribution in [3.05, 3.63) is 0 Å². The van der Waals surface area contributed by atoms with Gasteiger partial charge in [-0.3, -0.25) is 4.57 Å². The smallest absolute Gasteiger partial charge is 0.356 e. The van der Waals surface area contributed by atoms with Gasteiger partial charge in [-0.2, -0.15) is 0 Å². The summed E-state index contributed by atoms with van der Waals surface area (Å²) >= 11 is 0. The highest BCUT2D eigenvalue weighted by molar-refractivity contribution is 7.52. The van der Waals surface area contributed by atoms with Gasteiger partial charge in [0.15, 0.2) is 5.85 Å². The summed E-state index contributed by atoms with van der Waals surface area (Å²) in [6.45, 7) is -2.08. The molecule has 0 heterocycles. The molecule has 0 spiro atoms. The molecule has 0 fully saturated rings. The van der Waals surface area contributed by atoms with Crippen LogP contribution in [0.15, 0.2) is 0 Å². The van der Waals surface area contributed by atoms with Gasteiger partial charge < -0.3 is 45.2 Å². The zero-order chi connectivity index (χ0) is 14.5. The van der Waals surface area contributed by atoms with Crippen LogP contribution in [0.4, 0.5) is 0 Å². The van der Waals surface area contributed by atoms with Gasteiger partial charge in [0.2, 0.25) is 0 Å². The van der Waals surface area contributed by atoms with Crippen molar-refractivity contribution < 1.29 is 49.7 Å². The number of hydrogen-bond acceptors (Lipinski definition) is 8. The molecule has 8 N–H and O–H groups in total. The number of hydrogen-bond donors (Lipinski definition) is 8. The number of aliphatic hydroxyl groups is 6. The van der Waals surface area contributed by atoms with E-state index in [-0.39, 0.29) is 0 Å². The first-order valence-corrected chi connectivity index (χ1v) is 6.45. The normalized spacial score (nSPS) is 21.1. The minimum Gasteiger partial charge on any atom is -0.394 e. The van der Waals surface area contributed by atoms with E-state index in [0.29, 0.717) is 0 Å². The van der Waals surface area contributed by atoms with Crippen molar-refractivity contribution in [2.45, 2.75) is 30.3 Å². The zero-order valence-corrected chi connectivity index (χ0v) is 10.0. The summed E-state index contributed by atoms with van der Waals surface area (Å²) < 4.78 is 15.1. The Balaban J connectivity index is 4.86. The second-order valence-corrected chi connectivity index (χ2v) is 5.18. The van der Waals surface area contributed by atoms with Gasteiger partial charge in [-0.15, -0.1) is 0 Å². The number of rotatable bonds is 8. The topological polar surface area (TPSA) is 188 Å². The van der Waals surface area contributed by atoms with Crippen molar-refractivity contribution in [3.63, 3.8) is 0 Å². The van der Waals surface area contributed by atoms with Crippen LogP contribution in [0, 0.1) is 0 Å². The number of aliphatic hydroxyl groups excluding tert-OH is 6. The minimum atomic E-state index is -5.03. The lowest BCUT2D eigenvalue weighted by Gasteiger charge is -2.30. The molecule has 0 aliphatic rings. The van der Waals surface area contributed by atoms with E-state index in [4.69, 9.17) is 25.1 Å². The molecular weight excluding hydrogens is 275 g/mol. The first-order valence-electron chi connectivity index (χ1n) is 4.77. The van der Waals surface area contributed by atoms with Crippen molar-refractivity contribution >= 4 is 7.60 Å². The summed E-state index contributed by atoms with van der Waals surface area (Å²) in [6, 6.07) is 0. The van der Waals surface area contributed by atoms with E-state index in [1.807, 2.05) is 0 Å². The van der Waals surface area contributed by atoms with Crippen LogP contribution in [0.1, 0.15) is 0 Å². The van der Waals surface area contributed by atoms with Gasteiger partial charge in [-0.05, 0) is 0 Å². The van der Waals surface area contributed by atoms with Gasteiger partial charge in [-0.1, -0.05) is 0 Å². The second-order valence-electron chi connectivity index (χ2n) is 3.50. The Labute approximate surface area is 102 Å². The molecule has 0 rings (SSSR count). The molecule has 18 heavy (non-hydrogen) atoms. The van der Waals surface area contributed by atoms with E-state index in [9.17, 15) is 19.9 Å². The monoisotopic (exact) mass is 292 g/mol. The van der Waals surface area contributed by atoms with Crippen molar-refractivity contribution in [2.75, 3.05) is 13.4 Å². The molecule has 0 aromatic rings. The Hall–Kier alpha value is -0.130. The van der Waals surface area contributed by atoms with Crippen molar-refractivity contribution in [3.8, 4) is 0 Å². The summed E-state index contributed by atoms with van der Waals surface area (Å²) in [4.78, 5) is 17.6. The second kappa shape index (κ2) is 7.46. The fraction of sp³-hybridized carbons (Fsp3) is 1.00. The van der Waals surface area contributed by atoms with Crippen LogP contribution in [-0.2, 0) is 9.30 Å². The predicted molar refractivity (Wildman–Crippen MR) is 55.1 cm³/mol. The van der Waals surface area contributed by atoms with E-state index in [1.165, 1.54) is 0 Å². The van der Waals surface area contributed by atoms with Crippen LogP contribution in [0.2, 0.25) is 0 Å². The molecule has 110 valence electrons. The van der Waals surface area contributed by atoms with E-state index in [1.54, 1.807) is 0 Å². The minimum absolute atomic E-state index is 0.938. The Kier molecular flexibility index (Phi) is 7.40. The lowest BCUT2D eigenvalue weighted by Crippen LogP contribution is -2.50. The third kappa shape index (κ3) is 4.86. The summed E-state index contributed by atoms with van der Waals surface area (Å²) in [5.74, 6) is -2.28. The number of ether oxygens (including phenoxy) is 1. The fourth-order valence-corrected chi connectivity index (χ4v) is 2.01.